The predicted octanol–water partition coefficient (Wildman–Crippen LogP) is 1.97. The summed E-state index contributed by atoms with van der Waals surface area (Å²) in [5, 5.41) is 7.01. The van der Waals surface area contributed by atoms with E-state index in [1.807, 2.05) is 6.20 Å². The van der Waals surface area contributed by atoms with Crippen LogP contribution >= 0.6 is 0 Å². The number of aromatic nitrogens is 2. The second kappa shape index (κ2) is 3.22. The van der Waals surface area contributed by atoms with Gasteiger partial charge in [-0.05, 0) is 5.92 Å². The third-order valence-electron chi connectivity index (χ3n) is 2.54. The van der Waals surface area contributed by atoms with Gasteiger partial charge in [-0.3, -0.25) is 4.68 Å². The highest BCUT2D eigenvalue weighted by molar-refractivity contribution is 5.36. The molecule has 0 aromatic carbocycles. The molecule has 1 N–H and O–H groups in total. The van der Waals surface area contributed by atoms with Gasteiger partial charge in [-0.2, -0.15) is 5.10 Å². The van der Waals surface area contributed by atoms with Crippen molar-refractivity contribution in [3.05, 3.63) is 12.4 Å². The summed E-state index contributed by atoms with van der Waals surface area (Å²) in [5.41, 5.74) is 0.913. The lowest BCUT2D eigenvalue weighted by molar-refractivity contribution is -0.114. The normalized spacial score (nSPS) is 20.5. The van der Waals surface area contributed by atoms with E-state index in [1.54, 1.807) is 17.9 Å². The van der Waals surface area contributed by atoms with Crippen LogP contribution in [0, 0.1) is 5.92 Å². The molecule has 1 aromatic rings. The van der Waals surface area contributed by atoms with Crippen LogP contribution in [0.15, 0.2) is 12.4 Å². The molecule has 0 aliphatic heterocycles. The molecule has 0 saturated heterocycles. The molecule has 1 fully saturated rings. The summed E-state index contributed by atoms with van der Waals surface area (Å²) in [4.78, 5) is 0. The van der Waals surface area contributed by atoms with Gasteiger partial charge in [0, 0.05) is 32.6 Å². The Morgan fingerprint density at radius 2 is 2.36 bits per heavy atom. The number of nitrogens with one attached hydrogen (secondary N) is 1. The highest BCUT2D eigenvalue weighted by Gasteiger charge is 2.45. The Bertz CT molecular complexity index is 314. The lowest BCUT2D eigenvalue weighted by atomic mass is 9.81. The summed E-state index contributed by atoms with van der Waals surface area (Å²) in [5.74, 6) is -2.35. The third-order valence-corrected chi connectivity index (χ3v) is 2.54. The number of anilines is 1. The molecule has 1 aliphatic carbocycles. The first-order valence-corrected chi connectivity index (χ1v) is 4.67. The van der Waals surface area contributed by atoms with Gasteiger partial charge in [0.05, 0.1) is 11.9 Å². The molecule has 0 amide bonds. The highest BCUT2D eigenvalue weighted by atomic mass is 19.3. The van der Waals surface area contributed by atoms with E-state index in [2.05, 4.69) is 10.4 Å². The summed E-state index contributed by atoms with van der Waals surface area (Å²) in [6.07, 6.45) is 3.52. The van der Waals surface area contributed by atoms with Crippen molar-refractivity contribution in [2.24, 2.45) is 5.92 Å². The Hall–Kier alpha value is -1.13. The van der Waals surface area contributed by atoms with Crippen molar-refractivity contribution < 1.29 is 8.78 Å². The molecular formula is C9H13F2N3. The molecule has 0 unspecified atom stereocenters. The van der Waals surface area contributed by atoms with Crippen molar-refractivity contribution in [1.82, 2.24) is 9.78 Å². The van der Waals surface area contributed by atoms with Gasteiger partial charge in [0.1, 0.15) is 0 Å². The highest BCUT2D eigenvalue weighted by Crippen LogP contribution is 2.42. The van der Waals surface area contributed by atoms with E-state index in [0.717, 1.165) is 5.69 Å². The van der Waals surface area contributed by atoms with Crippen molar-refractivity contribution in [3.8, 4) is 0 Å². The van der Waals surface area contributed by atoms with Crippen molar-refractivity contribution >= 4 is 5.69 Å². The molecule has 0 bridgehead atoms. The maximum atomic E-state index is 12.5. The molecule has 3 nitrogen and oxygen atoms in total. The van der Waals surface area contributed by atoms with Crippen LogP contribution in [0.5, 0.6) is 0 Å². The number of rotatable bonds is 3. The van der Waals surface area contributed by atoms with E-state index >= 15 is 0 Å². The molecule has 5 heteroatoms. The zero-order valence-corrected chi connectivity index (χ0v) is 8.00. The Balaban J connectivity index is 1.87. The van der Waals surface area contributed by atoms with Gasteiger partial charge in [-0.25, -0.2) is 8.78 Å². The molecule has 1 heterocycles. The average molecular weight is 201 g/mol. The molecular weight excluding hydrogens is 188 g/mol. The van der Waals surface area contributed by atoms with Crippen molar-refractivity contribution in [2.75, 3.05) is 12.4 Å². The molecule has 2 rings (SSSR count). The summed E-state index contributed by atoms with van der Waals surface area (Å²) >= 11 is 0. The van der Waals surface area contributed by atoms with Crippen LogP contribution in [0.3, 0.4) is 0 Å². The minimum absolute atomic E-state index is 0.00173. The Kier molecular flexibility index (Phi) is 2.17. The fourth-order valence-electron chi connectivity index (χ4n) is 1.77. The van der Waals surface area contributed by atoms with Crippen LogP contribution in [-0.2, 0) is 6.54 Å². The maximum absolute atomic E-state index is 12.5. The van der Waals surface area contributed by atoms with E-state index in [1.165, 1.54) is 0 Å². The second-order valence-electron chi connectivity index (χ2n) is 3.83. The number of halogens is 2. The zero-order chi connectivity index (χ0) is 10.2. The second-order valence-corrected chi connectivity index (χ2v) is 3.83. The largest absolute Gasteiger partial charge is 0.386 e. The minimum atomic E-state index is -2.43. The lowest BCUT2D eigenvalue weighted by Gasteiger charge is -2.34. The average Bonchev–Trinajstić information content (AvgIpc) is 2.49. The van der Waals surface area contributed by atoms with Crippen LogP contribution in [0.1, 0.15) is 12.8 Å². The van der Waals surface area contributed by atoms with Crippen LogP contribution in [-0.4, -0.2) is 22.8 Å². The SMILES string of the molecule is CNc1cnn(CC2CC(F)(F)C2)c1. The summed E-state index contributed by atoms with van der Waals surface area (Å²) in [6, 6.07) is 0. The summed E-state index contributed by atoms with van der Waals surface area (Å²) < 4.78 is 26.8. The first kappa shape index (κ1) is 9.43. The monoisotopic (exact) mass is 201 g/mol. The minimum Gasteiger partial charge on any atom is -0.386 e. The molecule has 1 aliphatic rings. The number of hydrogen-bond donors (Lipinski definition) is 1. The molecule has 1 aromatic heterocycles. The fourth-order valence-corrected chi connectivity index (χ4v) is 1.77. The third kappa shape index (κ3) is 1.86. The van der Waals surface area contributed by atoms with Gasteiger partial charge < -0.3 is 5.32 Å². The van der Waals surface area contributed by atoms with Gasteiger partial charge in [-0.1, -0.05) is 0 Å². The molecule has 1 saturated carbocycles. The van der Waals surface area contributed by atoms with Crippen LogP contribution in [0.4, 0.5) is 14.5 Å². The first-order chi connectivity index (χ1) is 6.59. The lowest BCUT2D eigenvalue weighted by Crippen LogP contribution is -2.37. The van der Waals surface area contributed by atoms with Gasteiger partial charge >= 0.3 is 0 Å². The van der Waals surface area contributed by atoms with Gasteiger partial charge in [0.25, 0.3) is 0 Å². The summed E-state index contributed by atoms with van der Waals surface area (Å²) in [6.45, 7) is 0.595. The van der Waals surface area contributed by atoms with Crippen molar-refractivity contribution in [2.45, 2.75) is 25.3 Å². The zero-order valence-electron chi connectivity index (χ0n) is 8.00. The van der Waals surface area contributed by atoms with Crippen LogP contribution in [0.2, 0.25) is 0 Å². The molecule has 0 spiro atoms. The Morgan fingerprint density at radius 1 is 1.64 bits per heavy atom. The van der Waals surface area contributed by atoms with E-state index in [0.29, 0.717) is 6.54 Å². The standard InChI is InChI=1S/C9H13F2N3/c1-12-8-4-13-14(6-8)5-7-2-9(10,11)3-7/h4,6-7,12H,2-3,5H2,1H3. The topological polar surface area (TPSA) is 29.9 Å². The van der Waals surface area contributed by atoms with E-state index in [9.17, 15) is 8.78 Å². The van der Waals surface area contributed by atoms with Gasteiger partial charge in [0.15, 0.2) is 0 Å². The quantitative estimate of drug-likeness (QED) is 0.810. The molecule has 0 atom stereocenters. The van der Waals surface area contributed by atoms with E-state index < -0.39 is 5.92 Å². The van der Waals surface area contributed by atoms with E-state index in [-0.39, 0.29) is 18.8 Å². The number of hydrogen-bond acceptors (Lipinski definition) is 2. The Morgan fingerprint density at radius 3 is 2.86 bits per heavy atom. The summed E-state index contributed by atoms with van der Waals surface area (Å²) in [7, 11) is 1.80. The smallest absolute Gasteiger partial charge is 0.248 e. The Labute approximate surface area is 81.1 Å². The molecule has 78 valence electrons. The first-order valence-electron chi connectivity index (χ1n) is 4.67. The predicted molar refractivity (Wildman–Crippen MR) is 49.4 cm³/mol. The fraction of sp³-hybridized carbons (Fsp3) is 0.667. The molecule has 0 radical (unpaired) electrons. The van der Waals surface area contributed by atoms with Crippen molar-refractivity contribution in [1.29, 1.82) is 0 Å². The number of nitrogens with zero attached hydrogens (tertiary/aromatic N) is 2. The van der Waals surface area contributed by atoms with Crippen LogP contribution in [0.25, 0.3) is 0 Å². The van der Waals surface area contributed by atoms with Crippen molar-refractivity contribution in [3.63, 3.8) is 0 Å². The van der Waals surface area contributed by atoms with Gasteiger partial charge in [0.2, 0.25) is 5.92 Å². The van der Waals surface area contributed by atoms with Gasteiger partial charge in [-0.15, -0.1) is 0 Å². The maximum Gasteiger partial charge on any atom is 0.248 e. The van der Waals surface area contributed by atoms with Crippen LogP contribution < -0.4 is 5.32 Å². The number of alkyl halides is 2. The van der Waals surface area contributed by atoms with E-state index in [4.69, 9.17) is 0 Å². The molecule has 14 heavy (non-hydrogen) atoms.